The van der Waals surface area contributed by atoms with Crippen LogP contribution in [0, 0.1) is 0 Å². The second-order valence-electron chi connectivity index (χ2n) is 24.6. The van der Waals surface area contributed by atoms with Gasteiger partial charge in [0.25, 0.3) is 0 Å². The number of hydrogen-bond acceptors (Lipinski definition) is 41. The molecule has 0 aromatic heterocycles. The molecule has 0 unspecified atom stereocenters. The first-order chi connectivity index (χ1) is 46.4. The fourth-order valence-electron chi connectivity index (χ4n) is 12.6. The summed E-state index contributed by atoms with van der Waals surface area (Å²) in [6.07, 6.45) is -75.3. The predicted molar refractivity (Wildman–Crippen MR) is 299 cm³/mol. The molecule has 8 aliphatic heterocycles. The lowest BCUT2D eigenvalue weighted by Gasteiger charge is -2.51. The second-order valence-corrected chi connectivity index (χ2v) is 24.6. The molecule has 8 saturated heterocycles. The Morgan fingerprint density at radius 2 is 0.551 bits per heavy atom. The first-order valence-corrected chi connectivity index (χ1v) is 31.1. The molecule has 0 aromatic rings. The molecule has 8 aliphatic rings. The van der Waals surface area contributed by atoms with Gasteiger partial charge in [-0.3, -0.25) is 14.4 Å². The van der Waals surface area contributed by atoms with E-state index in [4.69, 9.17) is 71.1 Å². The lowest BCUT2D eigenvalue weighted by atomic mass is 9.93. The fraction of sp³-hybridized carbons (Fsp3) is 0.944. The lowest BCUT2D eigenvalue weighted by Crippen LogP contribution is -2.71. The minimum absolute atomic E-state index is 0.766. The molecule has 0 bridgehead atoms. The highest BCUT2D eigenvalue weighted by atomic mass is 16.8. The third-order valence-electron chi connectivity index (χ3n) is 17.8. The SMILES string of the molecule is CC(=O)N[C@@H]1[C@@H](O)[C@H](O[C@@H]2O[C@H](CO)[C@@H](O[C@@H]3O[C@H](CO[C@H]4O[C@H](CO)[C@@H](O)[C@H](O[C@H]5O[C@H](CO)[C@@H](O)[C@H](O)[C@@H]5O)[C@@H]4O)[C@@H](O)[C@H](O[C@H]4O[C@H](CO)[C@@H](O)[C@H](O)[C@@H]4O[C@@H]4O[C@H](CO)[C@@H](O[C@@H]5O[C@H](CO)[C@H](O)[C@H](O)[C@H]5O)[C@H](O)[C@H]4NC(C)=O)[C@@H]3O)[C@H](O)[C@H]2NC(C)=O)[C@@H](CO)O[C@H]1O. The minimum atomic E-state index is -2.50. The summed E-state index contributed by atoms with van der Waals surface area (Å²) < 4.78 is 87.4. The maximum atomic E-state index is 12.9. The number of nitrogens with one attached hydrogen (secondary N) is 3. The lowest BCUT2D eigenvalue weighted by molar-refractivity contribution is -0.398. The van der Waals surface area contributed by atoms with E-state index in [1.54, 1.807) is 0 Å². The Morgan fingerprint density at radius 3 is 0.980 bits per heavy atom. The van der Waals surface area contributed by atoms with Crippen molar-refractivity contribution in [1.29, 1.82) is 0 Å². The van der Waals surface area contributed by atoms with E-state index in [1.165, 1.54) is 0 Å². The smallest absolute Gasteiger partial charge is 0.217 e. The summed E-state index contributed by atoms with van der Waals surface area (Å²) in [5.41, 5.74) is 0. The summed E-state index contributed by atoms with van der Waals surface area (Å²) in [6, 6.07) is -5.39. The van der Waals surface area contributed by atoms with Gasteiger partial charge in [-0.1, -0.05) is 0 Å². The summed E-state index contributed by atoms with van der Waals surface area (Å²) in [5, 5.41) is 259. The summed E-state index contributed by atoms with van der Waals surface area (Å²) >= 11 is 0. The van der Waals surface area contributed by atoms with Crippen LogP contribution in [0.15, 0.2) is 0 Å². The number of aliphatic hydroxyl groups is 23. The van der Waals surface area contributed by atoms with Crippen molar-refractivity contribution in [1.82, 2.24) is 16.0 Å². The van der Waals surface area contributed by atoms with Crippen molar-refractivity contribution >= 4 is 17.7 Å². The van der Waals surface area contributed by atoms with Gasteiger partial charge in [-0.15, -0.1) is 0 Å². The third-order valence-corrected chi connectivity index (χ3v) is 17.8. The Balaban J connectivity index is 1.11. The van der Waals surface area contributed by atoms with E-state index in [0.717, 1.165) is 20.8 Å². The van der Waals surface area contributed by atoms with E-state index in [0.29, 0.717) is 0 Å². The maximum Gasteiger partial charge on any atom is 0.217 e. The molecule has 0 aliphatic carbocycles. The number of carbonyl (C=O) groups is 3. The molecule has 98 heavy (non-hydrogen) atoms. The molecule has 26 N–H and O–H groups in total. The van der Waals surface area contributed by atoms with Gasteiger partial charge in [-0.05, 0) is 0 Å². The highest BCUT2D eigenvalue weighted by molar-refractivity contribution is 5.74. The first-order valence-electron chi connectivity index (χ1n) is 31.1. The van der Waals surface area contributed by atoms with E-state index >= 15 is 0 Å². The molecule has 8 heterocycles. The van der Waals surface area contributed by atoms with Crippen LogP contribution in [0.5, 0.6) is 0 Å². The minimum Gasteiger partial charge on any atom is -0.394 e. The van der Waals surface area contributed by atoms with Gasteiger partial charge in [0.05, 0.1) is 52.9 Å². The average molecular weight is 1440 g/mol. The van der Waals surface area contributed by atoms with Crippen molar-refractivity contribution < 1.29 is 203 Å². The summed E-state index contributed by atoms with van der Waals surface area (Å²) in [7, 11) is 0. The van der Waals surface area contributed by atoms with Crippen LogP contribution in [-0.4, -0.2) is 433 Å². The quantitative estimate of drug-likeness (QED) is 0.0404. The molecule has 44 heteroatoms. The second kappa shape index (κ2) is 35.1. The van der Waals surface area contributed by atoms with Crippen molar-refractivity contribution in [3.05, 3.63) is 0 Å². The molecule has 8 fully saturated rings. The van der Waals surface area contributed by atoms with Crippen molar-refractivity contribution in [2.24, 2.45) is 0 Å². The molecule has 0 radical (unpaired) electrons. The van der Waals surface area contributed by atoms with Crippen LogP contribution in [0.1, 0.15) is 20.8 Å². The van der Waals surface area contributed by atoms with Crippen LogP contribution in [0.2, 0.25) is 0 Å². The molecule has 44 nitrogen and oxygen atoms in total. The largest absolute Gasteiger partial charge is 0.394 e. The van der Waals surface area contributed by atoms with Gasteiger partial charge in [0.1, 0.15) is 195 Å². The molecule has 3 amide bonds. The van der Waals surface area contributed by atoms with E-state index in [1.807, 2.05) is 0 Å². The number of rotatable bonds is 25. The zero-order valence-electron chi connectivity index (χ0n) is 52.4. The van der Waals surface area contributed by atoms with Crippen LogP contribution in [0.25, 0.3) is 0 Å². The van der Waals surface area contributed by atoms with Crippen LogP contribution in [-0.2, 0) is 85.4 Å². The Labute approximate surface area is 554 Å². The Kier molecular flexibility index (Phi) is 28.9. The number of aliphatic hydroxyl groups excluding tert-OH is 23. The van der Waals surface area contributed by atoms with E-state index in [-0.39, 0.29) is 0 Å². The maximum absolute atomic E-state index is 12.9. The Morgan fingerprint density at radius 1 is 0.265 bits per heavy atom. The molecule has 568 valence electrons. The third kappa shape index (κ3) is 17.5. The van der Waals surface area contributed by atoms with Gasteiger partial charge >= 0.3 is 0 Å². The van der Waals surface area contributed by atoms with Crippen LogP contribution in [0.3, 0.4) is 0 Å². The predicted octanol–water partition coefficient (Wildman–Crippen LogP) is -18.0. The zero-order chi connectivity index (χ0) is 72.2. The number of amides is 3. The van der Waals surface area contributed by atoms with Crippen molar-refractivity contribution in [2.75, 3.05) is 52.9 Å². The number of ether oxygens (including phenoxy) is 15. The van der Waals surface area contributed by atoms with Gasteiger partial charge in [-0.25, -0.2) is 0 Å². The zero-order valence-corrected chi connectivity index (χ0v) is 52.4. The topological polar surface area (TPSA) is 691 Å². The van der Waals surface area contributed by atoms with E-state index in [9.17, 15) is 132 Å². The van der Waals surface area contributed by atoms with Gasteiger partial charge in [0.15, 0.2) is 50.3 Å². The highest BCUT2D eigenvalue weighted by Gasteiger charge is 2.60. The molecule has 0 aromatic carbocycles. The van der Waals surface area contributed by atoms with Crippen molar-refractivity contribution in [3.8, 4) is 0 Å². The van der Waals surface area contributed by atoms with Crippen LogP contribution >= 0.6 is 0 Å². The van der Waals surface area contributed by atoms with Gasteiger partial charge in [0, 0.05) is 20.8 Å². The molecule has 0 saturated carbocycles. The normalized spacial score (nSPS) is 49.5. The first kappa shape index (κ1) is 80.6. The summed E-state index contributed by atoms with van der Waals surface area (Å²) in [5.74, 6) is -2.60. The van der Waals surface area contributed by atoms with Crippen LogP contribution in [0.4, 0.5) is 0 Å². The molecular weight excluding hydrogens is 1350 g/mol. The van der Waals surface area contributed by atoms with Crippen molar-refractivity contribution in [3.63, 3.8) is 0 Å². The van der Waals surface area contributed by atoms with Gasteiger partial charge < -0.3 is 204 Å². The average Bonchev–Trinajstić information content (AvgIpc) is 0.804. The summed E-state index contributed by atoms with van der Waals surface area (Å²) in [6.45, 7) is -5.47. The monoisotopic (exact) mass is 1440 g/mol. The number of carbonyl (C=O) groups excluding carboxylic acids is 3. The molecular formula is C54H91N3O41. The summed E-state index contributed by atoms with van der Waals surface area (Å²) in [4.78, 5) is 37.7. The van der Waals surface area contributed by atoms with Gasteiger partial charge in [-0.2, -0.15) is 0 Å². The molecule has 40 atom stereocenters. The van der Waals surface area contributed by atoms with Crippen molar-refractivity contribution in [2.45, 2.75) is 266 Å². The molecule has 0 spiro atoms. The van der Waals surface area contributed by atoms with Crippen LogP contribution < -0.4 is 16.0 Å². The molecule has 8 rings (SSSR count). The van der Waals surface area contributed by atoms with E-state index < -0.39 is 316 Å². The highest BCUT2D eigenvalue weighted by Crippen LogP contribution is 2.39. The number of hydrogen-bond donors (Lipinski definition) is 26. The fourth-order valence-corrected chi connectivity index (χ4v) is 12.6. The van der Waals surface area contributed by atoms with Gasteiger partial charge in [0.2, 0.25) is 17.7 Å². The standard InChI is InChI=1S/C54H91N3O41/c1-12(65)55-23-31(73)41(19(8-62)85-47(23)83)93-48-24(56-13(2)66)32(74)43(21(10-64)90-48)95-53-40(82)45(30(72)22(92-53)11-84-50-39(81)44(29(71)18(7-61)86-50)96-52-38(80)35(77)27(69)16(5-59)88-52)97-54-46(36(78)28(70)17(6-60)89-54)98-49-25(57-14(3)67)33(75)42(20(9-63)91-49)94-51-37(79)34(76)26(68)15(4-58)87-51/h15-54,58-64,68-83H,4-11H2,1-3H3,(H,55,65)(H,56,66)(H,57,67)/t15-,16-,17-,18-,19-,20-,21-,22-,23-,24-,25-,26+,27-,28-,29-,30-,31-,32-,33-,34+,35+,36+,37-,38+,39+,40+,41-,42-,43-,44+,45+,46+,47-,48+,49+,50+,51+,52-,53+,54-/m1/s1. The van der Waals surface area contributed by atoms with E-state index in [2.05, 4.69) is 16.0 Å². The Bertz CT molecular complexity index is 2510. The Hall–Kier alpha value is -3.11.